The van der Waals surface area contributed by atoms with Crippen LogP contribution in [0.25, 0.3) is 0 Å². The lowest BCUT2D eigenvalue weighted by atomic mass is 10.3. The summed E-state index contributed by atoms with van der Waals surface area (Å²) in [5, 5.41) is 9.49. The Morgan fingerprint density at radius 1 is 1.25 bits per heavy atom. The van der Waals surface area contributed by atoms with E-state index in [1.54, 1.807) is 11.6 Å². The standard InChI is InChI=1S/C15H23N7O2/c1-9(2)22-12(5)18-13(20-22)19-14(23)16-6-7-21-11(4)8-10(3)17-15(21)24/h8-9H,6-7H2,1-5H3,(H2,16,19,20,23). The highest BCUT2D eigenvalue weighted by atomic mass is 16.2. The van der Waals surface area contributed by atoms with Crippen molar-refractivity contribution in [1.82, 2.24) is 29.6 Å². The monoisotopic (exact) mass is 333 g/mol. The van der Waals surface area contributed by atoms with Gasteiger partial charge in [0.25, 0.3) is 0 Å². The molecular weight excluding hydrogens is 310 g/mol. The zero-order valence-electron chi connectivity index (χ0n) is 14.6. The maximum Gasteiger partial charge on any atom is 0.348 e. The molecule has 2 amide bonds. The predicted octanol–water partition coefficient (Wildman–Crippen LogP) is 1.16. The molecule has 2 rings (SSSR count). The molecule has 0 aromatic carbocycles. The lowest BCUT2D eigenvalue weighted by Gasteiger charge is -2.10. The van der Waals surface area contributed by atoms with E-state index in [-0.39, 0.29) is 17.7 Å². The second kappa shape index (κ2) is 7.24. The van der Waals surface area contributed by atoms with Gasteiger partial charge in [-0.2, -0.15) is 9.97 Å². The first kappa shape index (κ1) is 17.6. The third-order valence-corrected chi connectivity index (χ3v) is 3.48. The molecule has 0 aliphatic rings. The zero-order valence-corrected chi connectivity index (χ0v) is 14.6. The molecule has 0 saturated heterocycles. The van der Waals surface area contributed by atoms with Gasteiger partial charge in [0.05, 0.1) is 0 Å². The van der Waals surface area contributed by atoms with Gasteiger partial charge in [-0.1, -0.05) is 0 Å². The summed E-state index contributed by atoms with van der Waals surface area (Å²) in [5.74, 6) is 0.984. The first-order valence-corrected chi connectivity index (χ1v) is 7.81. The molecule has 0 saturated carbocycles. The normalized spacial score (nSPS) is 10.9. The van der Waals surface area contributed by atoms with Crippen molar-refractivity contribution >= 4 is 12.0 Å². The lowest BCUT2D eigenvalue weighted by molar-refractivity contribution is 0.251. The van der Waals surface area contributed by atoms with E-state index in [2.05, 4.69) is 25.7 Å². The number of aryl methyl sites for hydroxylation is 3. The van der Waals surface area contributed by atoms with Crippen molar-refractivity contribution in [3.63, 3.8) is 0 Å². The number of amides is 2. The Balaban J connectivity index is 1.90. The van der Waals surface area contributed by atoms with Crippen LogP contribution in [-0.2, 0) is 6.54 Å². The van der Waals surface area contributed by atoms with Crippen molar-refractivity contribution < 1.29 is 4.79 Å². The van der Waals surface area contributed by atoms with Crippen molar-refractivity contribution in [2.75, 3.05) is 11.9 Å². The zero-order chi connectivity index (χ0) is 17.9. The molecule has 0 aliphatic heterocycles. The Hall–Kier alpha value is -2.71. The third-order valence-electron chi connectivity index (χ3n) is 3.48. The fourth-order valence-electron chi connectivity index (χ4n) is 2.42. The average molecular weight is 333 g/mol. The van der Waals surface area contributed by atoms with E-state index in [1.165, 1.54) is 4.57 Å². The summed E-state index contributed by atoms with van der Waals surface area (Å²) in [6.07, 6.45) is 0. The molecule has 0 spiro atoms. The molecule has 0 bridgehead atoms. The Kier molecular flexibility index (Phi) is 5.32. The molecule has 2 aromatic rings. The van der Waals surface area contributed by atoms with E-state index in [0.29, 0.717) is 18.8 Å². The molecule has 130 valence electrons. The Morgan fingerprint density at radius 2 is 1.96 bits per heavy atom. The van der Waals surface area contributed by atoms with E-state index in [4.69, 9.17) is 0 Å². The van der Waals surface area contributed by atoms with Gasteiger partial charge >= 0.3 is 11.7 Å². The van der Waals surface area contributed by atoms with Gasteiger partial charge in [-0.25, -0.2) is 14.3 Å². The summed E-state index contributed by atoms with van der Waals surface area (Å²) < 4.78 is 3.25. The summed E-state index contributed by atoms with van der Waals surface area (Å²) in [6, 6.07) is 1.58. The number of rotatable bonds is 5. The number of nitrogens with one attached hydrogen (secondary N) is 2. The number of hydrogen-bond donors (Lipinski definition) is 2. The van der Waals surface area contributed by atoms with Crippen LogP contribution in [-0.4, -0.2) is 36.9 Å². The highest BCUT2D eigenvalue weighted by Gasteiger charge is 2.11. The summed E-state index contributed by atoms with van der Waals surface area (Å²) >= 11 is 0. The summed E-state index contributed by atoms with van der Waals surface area (Å²) in [7, 11) is 0. The molecule has 2 aromatic heterocycles. The van der Waals surface area contributed by atoms with E-state index in [1.807, 2.05) is 33.8 Å². The predicted molar refractivity (Wildman–Crippen MR) is 90.1 cm³/mol. The molecule has 9 nitrogen and oxygen atoms in total. The molecule has 24 heavy (non-hydrogen) atoms. The lowest BCUT2D eigenvalue weighted by Crippen LogP contribution is -2.35. The van der Waals surface area contributed by atoms with Gasteiger partial charge in [-0.15, -0.1) is 5.10 Å². The van der Waals surface area contributed by atoms with Gasteiger partial charge in [0, 0.05) is 30.5 Å². The topological polar surface area (TPSA) is 107 Å². The maximum absolute atomic E-state index is 11.9. The molecule has 0 unspecified atom stereocenters. The number of nitrogens with zero attached hydrogens (tertiary/aromatic N) is 5. The number of carbonyl (C=O) groups excluding carboxylic acids is 1. The van der Waals surface area contributed by atoms with Crippen LogP contribution in [0, 0.1) is 20.8 Å². The van der Waals surface area contributed by atoms with Crippen LogP contribution in [0.4, 0.5) is 10.7 Å². The fourth-order valence-corrected chi connectivity index (χ4v) is 2.42. The smallest absolute Gasteiger partial charge is 0.336 e. The number of carbonyl (C=O) groups is 1. The molecule has 9 heteroatoms. The van der Waals surface area contributed by atoms with Crippen LogP contribution < -0.4 is 16.3 Å². The first-order valence-electron chi connectivity index (χ1n) is 7.81. The fraction of sp³-hybridized carbons (Fsp3) is 0.533. The Morgan fingerprint density at radius 3 is 2.54 bits per heavy atom. The second-order valence-electron chi connectivity index (χ2n) is 5.87. The van der Waals surface area contributed by atoms with Gasteiger partial charge in [0.15, 0.2) is 0 Å². The van der Waals surface area contributed by atoms with Gasteiger partial charge < -0.3 is 5.32 Å². The van der Waals surface area contributed by atoms with Crippen LogP contribution >= 0.6 is 0 Å². The summed E-state index contributed by atoms with van der Waals surface area (Å²) in [4.78, 5) is 31.8. The van der Waals surface area contributed by atoms with Crippen molar-refractivity contribution in [2.45, 2.75) is 47.2 Å². The minimum atomic E-state index is -0.415. The highest BCUT2D eigenvalue weighted by Crippen LogP contribution is 2.09. The summed E-state index contributed by atoms with van der Waals surface area (Å²) in [5.41, 5.74) is 1.17. The van der Waals surface area contributed by atoms with Crippen LogP contribution in [0.1, 0.15) is 37.1 Å². The summed E-state index contributed by atoms with van der Waals surface area (Å²) in [6.45, 7) is 10.1. The van der Waals surface area contributed by atoms with Crippen LogP contribution in [0.5, 0.6) is 0 Å². The minimum Gasteiger partial charge on any atom is -0.336 e. The van der Waals surface area contributed by atoms with Crippen molar-refractivity contribution in [3.8, 4) is 0 Å². The van der Waals surface area contributed by atoms with Gasteiger partial charge in [0.1, 0.15) is 5.82 Å². The molecule has 2 N–H and O–H groups in total. The largest absolute Gasteiger partial charge is 0.348 e. The third kappa shape index (κ3) is 4.18. The quantitative estimate of drug-likeness (QED) is 0.854. The van der Waals surface area contributed by atoms with Gasteiger partial charge in [-0.05, 0) is 40.7 Å². The van der Waals surface area contributed by atoms with Crippen molar-refractivity contribution in [1.29, 1.82) is 0 Å². The van der Waals surface area contributed by atoms with Crippen molar-refractivity contribution in [2.24, 2.45) is 0 Å². The van der Waals surface area contributed by atoms with E-state index >= 15 is 0 Å². The van der Waals surface area contributed by atoms with Crippen LogP contribution in [0.2, 0.25) is 0 Å². The molecule has 0 atom stereocenters. The number of anilines is 1. The van der Waals surface area contributed by atoms with E-state index in [9.17, 15) is 9.59 Å². The molecule has 2 heterocycles. The van der Waals surface area contributed by atoms with Crippen molar-refractivity contribution in [3.05, 3.63) is 33.8 Å². The Labute approximate surface area is 140 Å². The number of aromatic nitrogens is 5. The van der Waals surface area contributed by atoms with Crippen LogP contribution in [0.3, 0.4) is 0 Å². The highest BCUT2D eigenvalue weighted by molar-refractivity contribution is 5.87. The van der Waals surface area contributed by atoms with Gasteiger partial charge in [-0.3, -0.25) is 9.88 Å². The first-order chi connectivity index (χ1) is 11.3. The van der Waals surface area contributed by atoms with E-state index < -0.39 is 6.03 Å². The second-order valence-corrected chi connectivity index (χ2v) is 5.87. The van der Waals surface area contributed by atoms with Crippen LogP contribution in [0.15, 0.2) is 10.9 Å². The van der Waals surface area contributed by atoms with Gasteiger partial charge in [0.2, 0.25) is 5.95 Å². The Bertz CT molecular complexity index is 792. The SMILES string of the molecule is Cc1cc(C)n(CCNC(=O)Nc2nc(C)n(C(C)C)n2)c(=O)n1. The molecule has 0 fully saturated rings. The maximum atomic E-state index is 11.9. The number of hydrogen-bond acceptors (Lipinski definition) is 5. The number of urea groups is 1. The molecule has 0 aliphatic carbocycles. The molecule has 0 radical (unpaired) electrons. The molecular formula is C15H23N7O2. The van der Waals surface area contributed by atoms with E-state index in [0.717, 1.165) is 11.5 Å². The minimum absolute atomic E-state index is 0.167. The average Bonchev–Trinajstić information content (AvgIpc) is 2.82.